The number of ketones is 1. The molecule has 2 aromatic heterocycles. The average molecular weight is 433 g/mol. The van der Waals surface area contributed by atoms with Gasteiger partial charge >= 0.3 is 0 Å². The predicted octanol–water partition coefficient (Wildman–Crippen LogP) is 3.38. The lowest BCUT2D eigenvalue weighted by Gasteiger charge is -2.35. The zero-order valence-corrected chi connectivity index (χ0v) is 16.8. The number of piperidine rings is 1. The number of benzene rings is 1. The fraction of sp³-hybridized carbons (Fsp3) is 0.217. The van der Waals surface area contributed by atoms with Crippen LogP contribution in [0.1, 0.15) is 39.1 Å². The highest BCUT2D eigenvalue weighted by molar-refractivity contribution is 6.03. The van der Waals surface area contributed by atoms with E-state index in [0.717, 1.165) is 12.1 Å². The van der Waals surface area contributed by atoms with Crippen molar-refractivity contribution in [1.82, 2.24) is 19.9 Å². The fourth-order valence-corrected chi connectivity index (χ4v) is 3.68. The first-order chi connectivity index (χ1) is 15.4. The van der Waals surface area contributed by atoms with Crippen LogP contribution in [-0.4, -0.2) is 50.3 Å². The summed E-state index contributed by atoms with van der Waals surface area (Å²) in [6.45, 7) is -0.0336. The van der Waals surface area contributed by atoms with Crippen LogP contribution < -0.4 is 0 Å². The second-order valence-corrected chi connectivity index (χ2v) is 7.39. The zero-order valence-electron chi connectivity index (χ0n) is 16.8. The number of likely N-dealkylation sites (tertiary alicyclic amines) is 1. The molecule has 0 spiro atoms. The van der Waals surface area contributed by atoms with Crippen molar-refractivity contribution in [2.24, 2.45) is 0 Å². The topological polar surface area (TPSA) is 99.8 Å². The third-order valence-corrected chi connectivity index (χ3v) is 5.46. The lowest BCUT2D eigenvalue weighted by atomic mass is 9.85. The van der Waals surface area contributed by atoms with Crippen LogP contribution in [0.5, 0.6) is 0 Å². The third kappa shape index (κ3) is 3.95. The molecule has 1 fully saturated rings. The molecule has 160 valence electrons. The van der Waals surface area contributed by atoms with Crippen LogP contribution in [0.15, 0.2) is 55.1 Å². The quantitative estimate of drug-likeness (QED) is 0.585. The SMILES string of the molecule is N#Cc1ccc(C(=O)C2(F)CCN(C(=O)c3cccnc3-c3ccncn3)CC2)c(F)c1. The molecule has 1 aliphatic rings. The Morgan fingerprint density at radius 1 is 1.06 bits per heavy atom. The molecule has 9 heteroatoms. The Bertz CT molecular complexity index is 1220. The lowest BCUT2D eigenvalue weighted by Crippen LogP contribution is -2.48. The molecule has 3 heterocycles. The molecule has 0 radical (unpaired) electrons. The molecule has 1 aliphatic heterocycles. The van der Waals surface area contributed by atoms with Crippen LogP contribution in [0.25, 0.3) is 11.4 Å². The highest BCUT2D eigenvalue weighted by Crippen LogP contribution is 2.32. The number of Topliss-reactive ketones (excluding diaryl/α,β-unsaturated/α-hetero) is 1. The Kier molecular flexibility index (Phi) is 5.69. The standard InChI is InChI=1S/C23H17F2N5O2/c24-18-12-15(13-26)3-4-16(18)21(31)23(25)6-10-30(11-7-23)22(32)17-2-1-8-28-20(17)19-5-9-27-14-29-19/h1-5,8-9,12,14H,6-7,10-11H2. The van der Waals surface area contributed by atoms with Gasteiger partial charge in [0.15, 0.2) is 5.67 Å². The summed E-state index contributed by atoms with van der Waals surface area (Å²) in [6.07, 6.45) is 3.91. The van der Waals surface area contributed by atoms with E-state index >= 15 is 4.39 Å². The van der Waals surface area contributed by atoms with Crippen molar-refractivity contribution in [3.05, 3.63) is 77.6 Å². The van der Waals surface area contributed by atoms with Gasteiger partial charge in [-0.1, -0.05) is 0 Å². The Labute approximate surface area is 182 Å². The maximum absolute atomic E-state index is 15.4. The van der Waals surface area contributed by atoms with Crippen molar-refractivity contribution in [1.29, 1.82) is 5.26 Å². The molecule has 0 aliphatic carbocycles. The van der Waals surface area contributed by atoms with E-state index < -0.39 is 22.8 Å². The Hall–Kier alpha value is -4.06. The van der Waals surface area contributed by atoms with Crippen LogP contribution in [-0.2, 0) is 0 Å². The molecule has 0 bridgehead atoms. The van der Waals surface area contributed by atoms with Gasteiger partial charge in [0.05, 0.1) is 28.5 Å². The van der Waals surface area contributed by atoms with Crippen LogP contribution in [0.2, 0.25) is 0 Å². The van der Waals surface area contributed by atoms with Crippen molar-refractivity contribution in [3.63, 3.8) is 0 Å². The normalized spacial score (nSPS) is 15.1. The first-order valence-corrected chi connectivity index (χ1v) is 9.87. The number of carbonyl (C=O) groups is 2. The third-order valence-electron chi connectivity index (χ3n) is 5.46. The summed E-state index contributed by atoms with van der Waals surface area (Å²) in [5.41, 5.74) is -1.48. The molecule has 3 aromatic rings. The summed E-state index contributed by atoms with van der Waals surface area (Å²) >= 11 is 0. The monoisotopic (exact) mass is 433 g/mol. The van der Waals surface area contributed by atoms with Gasteiger partial charge < -0.3 is 4.90 Å². The number of aromatic nitrogens is 3. The predicted molar refractivity (Wildman–Crippen MR) is 110 cm³/mol. The number of hydrogen-bond acceptors (Lipinski definition) is 6. The molecule has 0 saturated carbocycles. The lowest BCUT2D eigenvalue weighted by molar-refractivity contribution is 0.0364. The van der Waals surface area contributed by atoms with Gasteiger partial charge in [-0.3, -0.25) is 14.6 Å². The number of halogens is 2. The maximum Gasteiger partial charge on any atom is 0.256 e. The van der Waals surface area contributed by atoms with Gasteiger partial charge in [-0.05, 0) is 36.4 Å². The summed E-state index contributed by atoms with van der Waals surface area (Å²) in [5, 5.41) is 8.83. The van der Waals surface area contributed by atoms with E-state index in [1.165, 1.54) is 23.5 Å². The van der Waals surface area contributed by atoms with Crippen molar-refractivity contribution in [3.8, 4) is 17.5 Å². The summed E-state index contributed by atoms with van der Waals surface area (Å²) in [4.78, 5) is 39.5. The molecule has 32 heavy (non-hydrogen) atoms. The summed E-state index contributed by atoms with van der Waals surface area (Å²) in [5.74, 6) is -2.27. The second kappa shape index (κ2) is 8.59. The fourth-order valence-electron chi connectivity index (χ4n) is 3.68. The smallest absolute Gasteiger partial charge is 0.256 e. The van der Waals surface area contributed by atoms with E-state index in [1.807, 2.05) is 0 Å². The number of pyridine rings is 1. The Morgan fingerprint density at radius 3 is 2.50 bits per heavy atom. The second-order valence-electron chi connectivity index (χ2n) is 7.39. The van der Waals surface area contributed by atoms with E-state index in [2.05, 4.69) is 15.0 Å². The van der Waals surface area contributed by atoms with Gasteiger partial charge in [-0.25, -0.2) is 18.7 Å². The van der Waals surface area contributed by atoms with Crippen molar-refractivity contribution < 1.29 is 18.4 Å². The van der Waals surface area contributed by atoms with E-state index in [0.29, 0.717) is 17.0 Å². The van der Waals surface area contributed by atoms with Gasteiger partial charge in [0.1, 0.15) is 17.8 Å². The van der Waals surface area contributed by atoms with Gasteiger partial charge in [0.2, 0.25) is 5.78 Å². The van der Waals surface area contributed by atoms with Crippen LogP contribution in [0.3, 0.4) is 0 Å². The first-order valence-electron chi connectivity index (χ1n) is 9.87. The molecule has 4 rings (SSSR count). The van der Waals surface area contributed by atoms with Crippen molar-refractivity contribution in [2.45, 2.75) is 18.5 Å². The number of alkyl halides is 1. The number of nitrogens with zero attached hydrogens (tertiary/aromatic N) is 5. The van der Waals surface area contributed by atoms with Crippen LogP contribution >= 0.6 is 0 Å². The zero-order chi connectivity index (χ0) is 22.7. The number of carbonyl (C=O) groups excluding carboxylic acids is 2. The minimum atomic E-state index is -2.30. The number of hydrogen-bond donors (Lipinski definition) is 0. The number of rotatable bonds is 4. The summed E-state index contributed by atoms with van der Waals surface area (Å²) < 4.78 is 29.7. The average Bonchev–Trinajstić information content (AvgIpc) is 2.84. The van der Waals surface area contributed by atoms with Gasteiger partial charge in [-0.15, -0.1) is 0 Å². The van der Waals surface area contributed by atoms with Gasteiger partial charge in [-0.2, -0.15) is 5.26 Å². The maximum atomic E-state index is 15.4. The number of amides is 1. The molecule has 7 nitrogen and oxygen atoms in total. The minimum Gasteiger partial charge on any atom is -0.338 e. The van der Waals surface area contributed by atoms with Crippen molar-refractivity contribution in [2.75, 3.05) is 13.1 Å². The molecule has 0 atom stereocenters. The minimum absolute atomic E-state index is 0.0168. The molecule has 0 N–H and O–H groups in total. The van der Waals surface area contributed by atoms with E-state index in [4.69, 9.17) is 5.26 Å². The van der Waals surface area contributed by atoms with E-state index in [1.54, 1.807) is 30.5 Å². The summed E-state index contributed by atoms with van der Waals surface area (Å²) in [6, 6.07) is 9.94. The molecule has 0 unspecified atom stereocenters. The van der Waals surface area contributed by atoms with Crippen molar-refractivity contribution >= 4 is 11.7 Å². The van der Waals surface area contributed by atoms with Crippen LogP contribution in [0.4, 0.5) is 8.78 Å². The molecule has 1 aromatic carbocycles. The van der Waals surface area contributed by atoms with Crippen LogP contribution in [0, 0.1) is 17.1 Å². The highest BCUT2D eigenvalue weighted by atomic mass is 19.1. The molecular formula is C23H17F2N5O2. The number of nitriles is 1. The highest BCUT2D eigenvalue weighted by Gasteiger charge is 2.44. The van der Waals surface area contributed by atoms with Gasteiger partial charge in [0, 0.05) is 38.3 Å². The molecular weight excluding hydrogens is 416 g/mol. The first kappa shape index (κ1) is 21.2. The summed E-state index contributed by atoms with van der Waals surface area (Å²) in [7, 11) is 0. The molecule has 1 amide bonds. The van der Waals surface area contributed by atoms with Gasteiger partial charge in [0.25, 0.3) is 5.91 Å². The Balaban J connectivity index is 1.51. The Morgan fingerprint density at radius 2 is 1.84 bits per heavy atom. The molecule has 1 saturated heterocycles. The largest absolute Gasteiger partial charge is 0.338 e. The van der Waals surface area contributed by atoms with E-state index in [-0.39, 0.29) is 37.4 Å². The van der Waals surface area contributed by atoms with E-state index in [9.17, 15) is 14.0 Å².